The first-order chi connectivity index (χ1) is 13.8. The van der Waals surface area contributed by atoms with Gasteiger partial charge in [0.2, 0.25) is 5.91 Å². The normalized spacial score (nSPS) is 11.1. The van der Waals surface area contributed by atoms with Gasteiger partial charge < -0.3 is 10.6 Å². The van der Waals surface area contributed by atoms with E-state index in [-0.39, 0.29) is 23.8 Å². The molecule has 0 saturated heterocycles. The lowest BCUT2D eigenvalue weighted by atomic mass is 9.87. The van der Waals surface area contributed by atoms with Crippen LogP contribution < -0.4 is 10.6 Å². The maximum atomic E-state index is 12.2. The number of aromatic nitrogens is 2. The summed E-state index contributed by atoms with van der Waals surface area (Å²) in [6, 6.07) is 11.2. The Kier molecular flexibility index (Phi) is 6.39. The van der Waals surface area contributed by atoms with E-state index in [0.717, 1.165) is 21.8 Å². The molecule has 2 aromatic heterocycles. The Balaban J connectivity index is 1.46. The van der Waals surface area contributed by atoms with Crippen LogP contribution in [0.3, 0.4) is 0 Å². The largest absolute Gasteiger partial charge is 0.349 e. The Hall–Kier alpha value is -3.06. The third-order valence-corrected chi connectivity index (χ3v) is 5.31. The lowest BCUT2D eigenvalue weighted by Crippen LogP contribution is -2.36. The summed E-state index contributed by atoms with van der Waals surface area (Å²) in [6.07, 6.45) is 3.44. The number of carbonyl (C=O) groups is 2. The molecule has 7 heteroatoms. The van der Waals surface area contributed by atoms with E-state index in [1.807, 2.05) is 29.6 Å². The quantitative estimate of drug-likeness (QED) is 0.653. The Morgan fingerprint density at radius 3 is 2.34 bits per heavy atom. The number of carbonyl (C=O) groups excluding carboxylic acids is 2. The molecule has 0 aliphatic carbocycles. The molecule has 2 N–H and O–H groups in total. The Morgan fingerprint density at radius 2 is 1.69 bits per heavy atom. The van der Waals surface area contributed by atoms with Gasteiger partial charge in [0.15, 0.2) is 0 Å². The van der Waals surface area contributed by atoms with E-state index in [2.05, 4.69) is 41.4 Å². The second-order valence-electron chi connectivity index (χ2n) is 7.67. The Morgan fingerprint density at radius 1 is 1.00 bits per heavy atom. The number of thiazole rings is 1. The van der Waals surface area contributed by atoms with Crippen molar-refractivity contribution in [3.63, 3.8) is 0 Å². The third kappa shape index (κ3) is 5.71. The van der Waals surface area contributed by atoms with Crippen LogP contribution >= 0.6 is 11.3 Å². The van der Waals surface area contributed by atoms with Crippen molar-refractivity contribution >= 4 is 23.2 Å². The first kappa shape index (κ1) is 20.7. The summed E-state index contributed by atoms with van der Waals surface area (Å²) >= 11 is 1.51. The highest BCUT2D eigenvalue weighted by atomic mass is 32.1. The number of nitrogens with zero attached hydrogens (tertiary/aromatic N) is 2. The molecule has 2 amide bonds. The molecular formula is C22H24N4O2S. The summed E-state index contributed by atoms with van der Waals surface area (Å²) in [6.45, 7) is 6.59. The number of pyridine rings is 1. The van der Waals surface area contributed by atoms with Gasteiger partial charge in [-0.25, -0.2) is 4.98 Å². The van der Waals surface area contributed by atoms with Crippen molar-refractivity contribution in [2.45, 2.75) is 32.7 Å². The number of rotatable bonds is 6. The Bertz CT molecular complexity index is 976. The Labute approximate surface area is 174 Å². The summed E-state index contributed by atoms with van der Waals surface area (Å²) in [7, 11) is 0. The molecule has 0 spiro atoms. The molecule has 0 bridgehead atoms. The molecule has 150 valence electrons. The van der Waals surface area contributed by atoms with Crippen molar-refractivity contribution in [2.24, 2.45) is 0 Å². The predicted molar refractivity (Wildman–Crippen MR) is 115 cm³/mol. The first-order valence-corrected chi connectivity index (χ1v) is 10.2. The average molecular weight is 409 g/mol. The van der Waals surface area contributed by atoms with E-state index < -0.39 is 0 Å². The predicted octanol–water partition coefficient (Wildman–Crippen LogP) is 3.55. The highest BCUT2D eigenvalue weighted by molar-refractivity contribution is 7.13. The molecule has 0 saturated carbocycles. The lowest BCUT2D eigenvalue weighted by Gasteiger charge is -2.19. The standard InChI is InChI=1S/C22H24N4O2S/c1-22(2,3)17-6-4-15(5-7-17)20(28)25-13-19(27)24-12-18-14-29-21(26-18)16-8-10-23-11-9-16/h4-11,14H,12-13H2,1-3H3,(H,24,27)(H,25,28). The van der Waals surface area contributed by atoms with Crippen molar-refractivity contribution in [3.8, 4) is 10.6 Å². The fourth-order valence-corrected chi connectivity index (χ4v) is 3.48. The van der Waals surface area contributed by atoms with Crippen LogP contribution in [0.15, 0.2) is 54.2 Å². The highest BCUT2D eigenvalue weighted by Crippen LogP contribution is 2.23. The second kappa shape index (κ2) is 8.96. The summed E-state index contributed by atoms with van der Waals surface area (Å²) in [5.41, 5.74) is 3.49. The van der Waals surface area contributed by atoms with E-state index in [1.165, 1.54) is 11.3 Å². The van der Waals surface area contributed by atoms with Crippen LogP contribution in [0.25, 0.3) is 10.6 Å². The molecule has 0 radical (unpaired) electrons. The minimum absolute atomic E-state index is 0.0296. The molecule has 0 atom stereocenters. The monoisotopic (exact) mass is 408 g/mol. The van der Waals surface area contributed by atoms with Crippen LogP contribution in [0.4, 0.5) is 0 Å². The van der Waals surface area contributed by atoms with Gasteiger partial charge >= 0.3 is 0 Å². The minimum atomic E-state index is -0.269. The van der Waals surface area contributed by atoms with Crippen LogP contribution in [-0.4, -0.2) is 28.3 Å². The van der Waals surface area contributed by atoms with Crippen molar-refractivity contribution < 1.29 is 9.59 Å². The van der Waals surface area contributed by atoms with Gasteiger partial charge in [0.1, 0.15) is 5.01 Å². The number of hydrogen-bond acceptors (Lipinski definition) is 5. The van der Waals surface area contributed by atoms with E-state index >= 15 is 0 Å². The van der Waals surface area contributed by atoms with Crippen molar-refractivity contribution in [3.05, 3.63) is 71.0 Å². The topological polar surface area (TPSA) is 84.0 Å². The van der Waals surface area contributed by atoms with E-state index in [1.54, 1.807) is 24.5 Å². The van der Waals surface area contributed by atoms with Crippen molar-refractivity contribution in [1.29, 1.82) is 0 Å². The SMILES string of the molecule is CC(C)(C)c1ccc(C(=O)NCC(=O)NCc2csc(-c3ccncc3)n2)cc1. The molecule has 29 heavy (non-hydrogen) atoms. The molecule has 0 aliphatic rings. The molecule has 6 nitrogen and oxygen atoms in total. The summed E-state index contributed by atoms with van der Waals surface area (Å²) in [5, 5.41) is 8.21. The maximum absolute atomic E-state index is 12.2. The summed E-state index contributed by atoms with van der Waals surface area (Å²) < 4.78 is 0. The molecule has 0 unspecified atom stereocenters. The van der Waals surface area contributed by atoms with Crippen LogP contribution in [0.2, 0.25) is 0 Å². The molecule has 1 aromatic carbocycles. The van der Waals surface area contributed by atoms with Gasteiger partial charge in [0.05, 0.1) is 18.8 Å². The van der Waals surface area contributed by atoms with Gasteiger partial charge in [-0.3, -0.25) is 14.6 Å². The smallest absolute Gasteiger partial charge is 0.251 e. The second-order valence-corrected chi connectivity index (χ2v) is 8.52. The van der Waals surface area contributed by atoms with Gasteiger partial charge in [0, 0.05) is 28.9 Å². The molecule has 0 fully saturated rings. The third-order valence-electron chi connectivity index (χ3n) is 4.37. The van der Waals surface area contributed by atoms with Crippen LogP contribution in [0.5, 0.6) is 0 Å². The summed E-state index contributed by atoms with van der Waals surface area (Å²) in [4.78, 5) is 32.8. The van der Waals surface area contributed by atoms with Gasteiger partial charge in [-0.2, -0.15) is 0 Å². The van der Waals surface area contributed by atoms with Crippen molar-refractivity contribution in [1.82, 2.24) is 20.6 Å². The van der Waals surface area contributed by atoms with Crippen molar-refractivity contribution in [2.75, 3.05) is 6.54 Å². The summed E-state index contributed by atoms with van der Waals surface area (Å²) in [5.74, 6) is -0.530. The zero-order valence-electron chi connectivity index (χ0n) is 16.7. The number of nitrogens with one attached hydrogen (secondary N) is 2. The van der Waals surface area contributed by atoms with Crippen LogP contribution in [0, 0.1) is 0 Å². The first-order valence-electron chi connectivity index (χ1n) is 9.33. The molecule has 3 aromatic rings. The van der Waals surface area contributed by atoms with Crippen LogP contribution in [-0.2, 0) is 16.8 Å². The number of amides is 2. The zero-order chi connectivity index (χ0) is 20.9. The number of hydrogen-bond donors (Lipinski definition) is 2. The van der Waals surface area contributed by atoms with E-state index in [4.69, 9.17) is 0 Å². The lowest BCUT2D eigenvalue weighted by molar-refractivity contribution is -0.120. The molecule has 0 aliphatic heterocycles. The molecule has 3 rings (SSSR count). The molecule has 2 heterocycles. The molecular weight excluding hydrogens is 384 g/mol. The maximum Gasteiger partial charge on any atom is 0.251 e. The van der Waals surface area contributed by atoms with Gasteiger partial charge in [-0.05, 0) is 35.2 Å². The van der Waals surface area contributed by atoms with Gasteiger partial charge in [-0.15, -0.1) is 11.3 Å². The fraction of sp³-hybridized carbons (Fsp3) is 0.273. The van der Waals surface area contributed by atoms with E-state index in [9.17, 15) is 9.59 Å². The van der Waals surface area contributed by atoms with Gasteiger partial charge in [-0.1, -0.05) is 32.9 Å². The minimum Gasteiger partial charge on any atom is -0.349 e. The zero-order valence-corrected chi connectivity index (χ0v) is 17.5. The van der Waals surface area contributed by atoms with Gasteiger partial charge in [0.25, 0.3) is 5.91 Å². The van der Waals surface area contributed by atoms with Crippen LogP contribution in [0.1, 0.15) is 42.4 Å². The fourth-order valence-electron chi connectivity index (χ4n) is 2.65. The average Bonchev–Trinajstić information content (AvgIpc) is 3.20. The highest BCUT2D eigenvalue weighted by Gasteiger charge is 2.14. The van der Waals surface area contributed by atoms with E-state index in [0.29, 0.717) is 12.1 Å². The number of benzene rings is 1.